The second-order valence-corrected chi connectivity index (χ2v) is 7.67. The number of hydrogen-bond acceptors (Lipinski definition) is 4. The van der Waals surface area contributed by atoms with Crippen LogP contribution in [0, 0.1) is 0 Å². The molecule has 2 aromatic carbocycles. The van der Waals surface area contributed by atoms with Crippen LogP contribution in [0.5, 0.6) is 17.2 Å². The van der Waals surface area contributed by atoms with Crippen molar-refractivity contribution in [2.24, 2.45) is 0 Å². The number of rotatable bonds is 6. The topological polar surface area (TPSA) is 30.9 Å². The van der Waals surface area contributed by atoms with E-state index < -0.39 is 0 Å². The summed E-state index contributed by atoms with van der Waals surface area (Å²) in [5.74, 6) is 2.50. The summed E-state index contributed by atoms with van der Waals surface area (Å²) in [6, 6.07) is 15.4. The molecule has 0 N–H and O–H groups in total. The molecule has 28 heavy (non-hydrogen) atoms. The summed E-state index contributed by atoms with van der Waals surface area (Å²) in [4.78, 5) is 2.64. The van der Waals surface area contributed by atoms with E-state index in [-0.39, 0.29) is 5.41 Å². The van der Waals surface area contributed by atoms with Crippen molar-refractivity contribution in [1.82, 2.24) is 4.90 Å². The lowest BCUT2D eigenvalue weighted by atomic mass is 9.70. The zero-order valence-corrected chi connectivity index (χ0v) is 17.0. The fraction of sp³-hybridized carbons (Fsp3) is 0.417. The largest absolute Gasteiger partial charge is 0.497 e. The van der Waals surface area contributed by atoms with E-state index in [2.05, 4.69) is 41.3 Å². The summed E-state index contributed by atoms with van der Waals surface area (Å²) in [7, 11) is 5.10. The summed E-state index contributed by atoms with van der Waals surface area (Å²) in [6.07, 6.45) is 8.24. The molecule has 0 amide bonds. The van der Waals surface area contributed by atoms with Crippen LogP contribution in [0.3, 0.4) is 0 Å². The van der Waals surface area contributed by atoms with Gasteiger partial charge in [0.25, 0.3) is 0 Å². The van der Waals surface area contributed by atoms with Crippen LogP contribution in [0.15, 0.2) is 54.6 Å². The Bertz CT molecular complexity index is 845. The molecule has 2 aromatic rings. The Morgan fingerprint density at radius 2 is 1.75 bits per heavy atom. The quantitative estimate of drug-likeness (QED) is 0.688. The van der Waals surface area contributed by atoms with Crippen molar-refractivity contribution in [3.05, 3.63) is 65.7 Å². The molecule has 0 aromatic heterocycles. The Morgan fingerprint density at radius 1 is 0.964 bits per heavy atom. The molecular weight excluding hydrogens is 350 g/mol. The zero-order valence-electron chi connectivity index (χ0n) is 17.0. The van der Waals surface area contributed by atoms with Gasteiger partial charge in [0, 0.05) is 24.5 Å². The first-order chi connectivity index (χ1) is 13.7. The van der Waals surface area contributed by atoms with Crippen molar-refractivity contribution in [3.8, 4) is 17.2 Å². The van der Waals surface area contributed by atoms with Crippen LogP contribution < -0.4 is 14.2 Å². The molecule has 1 saturated heterocycles. The van der Waals surface area contributed by atoms with Crippen LogP contribution >= 0.6 is 0 Å². The van der Waals surface area contributed by atoms with Crippen molar-refractivity contribution in [2.75, 3.05) is 27.9 Å². The van der Waals surface area contributed by atoms with Gasteiger partial charge in [0.1, 0.15) is 5.75 Å². The Hall–Kier alpha value is -2.46. The van der Waals surface area contributed by atoms with Crippen molar-refractivity contribution >= 4 is 0 Å². The molecule has 0 spiro atoms. The Kier molecular flexibility index (Phi) is 5.31. The molecule has 4 rings (SSSR count). The fourth-order valence-electron chi connectivity index (χ4n) is 4.87. The van der Waals surface area contributed by atoms with Crippen LogP contribution in [-0.2, 0) is 12.0 Å². The van der Waals surface area contributed by atoms with E-state index in [9.17, 15) is 0 Å². The average Bonchev–Trinajstić information content (AvgIpc) is 3.13. The van der Waals surface area contributed by atoms with Crippen molar-refractivity contribution < 1.29 is 14.2 Å². The number of nitrogens with zero attached hydrogens (tertiary/aromatic N) is 1. The molecule has 2 aliphatic rings. The highest BCUT2D eigenvalue weighted by molar-refractivity contribution is 5.48. The summed E-state index contributed by atoms with van der Waals surface area (Å²) in [6.45, 7) is 2.06. The molecule has 1 unspecified atom stereocenters. The third-order valence-corrected chi connectivity index (χ3v) is 6.34. The van der Waals surface area contributed by atoms with Crippen LogP contribution in [0.2, 0.25) is 0 Å². The van der Waals surface area contributed by atoms with Crippen LogP contribution in [0.4, 0.5) is 0 Å². The molecule has 1 heterocycles. The van der Waals surface area contributed by atoms with E-state index in [0.29, 0.717) is 6.04 Å². The lowest BCUT2D eigenvalue weighted by Crippen LogP contribution is -2.42. The first kappa shape index (κ1) is 18.9. The van der Waals surface area contributed by atoms with Gasteiger partial charge in [-0.3, -0.25) is 4.90 Å². The van der Waals surface area contributed by atoms with Crippen molar-refractivity contribution in [2.45, 2.75) is 37.3 Å². The van der Waals surface area contributed by atoms with Gasteiger partial charge in [0.05, 0.1) is 21.3 Å². The second-order valence-electron chi connectivity index (χ2n) is 7.67. The van der Waals surface area contributed by atoms with Gasteiger partial charge in [0.2, 0.25) is 0 Å². The lowest BCUT2D eigenvalue weighted by molar-refractivity contribution is 0.200. The van der Waals surface area contributed by atoms with Gasteiger partial charge in [-0.2, -0.15) is 0 Å². The molecule has 0 saturated carbocycles. The molecule has 4 heteroatoms. The molecule has 1 aliphatic heterocycles. The third-order valence-electron chi connectivity index (χ3n) is 6.34. The normalized spacial score (nSPS) is 24.0. The van der Waals surface area contributed by atoms with E-state index in [1.54, 1.807) is 21.3 Å². The number of hydrogen-bond donors (Lipinski definition) is 0. The average molecular weight is 380 g/mol. The molecular formula is C24H29NO3. The van der Waals surface area contributed by atoms with Crippen molar-refractivity contribution in [3.63, 3.8) is 0 Å². The zero-order chi connectivity index (χ0) is 19.6. The van der Waals surface area contributed by atoms with Crippen molar-refractivity contribution in [1.29, 1.82) is 0 Å². The highest BCUT2D eigenvalue weighted by Gasteiger charge is 2.47. The van der Waals surface area contributed by atoms with E-state index in [1.165, 1.54) is 17.5 Å². The van der Waals surface area contributed by atoms with Gasteiger partial charge < -0.3 is 14.2 Å². The highest BCUT2D eigenvalue weighted by atomic mass is 16.5. The fourth-order valence-corrected chi connectivity index (χ4v) is 4.87. The number of likely N-dealkylation sites (tertiary alicyclic amines) is 1. The number of methoxy groups -OCH3 is 3. The number of benzene rings is 2. The molecule has 0 radical (unpaired) electrons. The summed E-state index contributed by atoms with van der Waals surface area (Å²) in [5.41, 5.74) is 2.70. The number of allylic oxidation sites excluding steroid dienone is 1. The molecule has 148 valence electrons. The summed E-state index contributed by atoms with van der Waals surface area (Å²) < 4.78 is 16.3. The summed E-state index contributed by atoms with van der Waals surface area (Å²) >= 11 is 0. The van der Waals surface area contributed by atoms with Gasteiger partial charge in [-0.25, -0.2) is 0 Å². The number of fused-ring (bicyclic) bond motifs is 1. The standard InChI is InChI=1S/C24H29NO3/c1-26-20-10-7-18(8-11-20)17-25-15-14-24(13-5-4-6-23(24)25)19-9-12-21(27-2)22(16-19)28-3/h5,7-13,16,23H,4,6,14-15,17H2,1-3H3/t23?,24-/m0/s1. The van der Waals surface area contributed by atoms with E-state index in [1.807, 2.05) is 18.2 Å². The second kappa shape index (κ2) is 7.88. The minimum Gasteiger partial charge on any atom is -0.497 e. The molecule has 0 bridgehead atoms. The predicted molar refractivity (Wildman–Crippen MR) is 111 cm³/mol. The lowest BCUT2D eigenvalue weighted by Gasteiger charge is -2.39. The molecule has 1 fully saturated rings. The monoisotopic (exact) mass is 379 g/mol. The van der Waals surface area contributed by atoms with Gasteiger partial charge >= 0.3 is 0 Å². The highest BCUT2D eigenvalue weighted by Crippen LogP contribution is 2.47. The Labute approximate surface area is 167 Å². The van der Waals surface area contributed by atoms with E-state index in [0.717, 1.165) is 43.2 Å². The van der Waals surface area contributed by atoms with Gasteiger partial charge in [0.15, 0.2) is 11.5 Å². The molecule has 2 atom stereocenters. The summed E-state index contributed by atoms with van der Waals surface area (Å²) in [5, 5.41) is 0. The molecule has 4 nitrogen and oxygen atoms in total. The van der Waals surface area contributed by atoms with Crippen LogP contribution in [0.1, 0.15) is 30.4 Å². The minimum absolute atomic E-state index is 0.0459. The SMILES string of the molecule is COc1ccc(CN2CC[C@]3(c4ccc(OC)c(OC)c4)C=CCCC23)cc1. The maximum atomic E-state index is 5.58. The van der Waals surface area contributed by atoms with E-state index in [4.69, 9.17) is 14.2 Å². The predicted octanol–water partition coefficient (Wildman–Crippen LogP) is 4.57. The smallest absolute Gasteiger partial charge is 0.161 e. The van der Waals surface area contributed by atoms with Gasteiger partial charge in [-0.1, -0.05) is 30.4 Å². The maximum absolute atomic E-state index is 5.58. The first-order valence-electron chi connectivity index (χ1n) is 9.97. The first-order valence-corrected chi connectivity index (χ1v) is 9.97. The number of ether oxygens (including phenoxy) is 3. The third kappa shape index (κ3) is 3.26. The van der Waals surface area contributed by atoms with Crippen LogP contribution in [0.25, 0.3) is 0 Å². The van der Waals surface area contributed by atoms with E-state index >= 15 is 0 Å². The van der Waals surface area contributed by atoms with Gasteiger partial charge in [-0.15, -0.1) is 0 Å². The Balaban J connectivity index is 1.63. The Morgan fingerprint density at radius 3 is 2.46 bits per heavy atom. The van der Waals surface area contributed by atoms with Crippen LogP contribution in [-0.4, -0.2) is 38.8 Å². The molecule has 1 aliphatic carbocycles. The maximum Gasteiger partial charge on any atom is 0.161 e. The van der Waals surface area contributed by atoms with Gasteiger partial charge in [-0.05, 0) is 54.7 Å². The minimum atomic E-state index is 0.0459.